The number of ether oxygens (including phenoxy) is 3. The predicted octanol–water partition coefficient (Wildman–Crippen LogP) is 6.35. The topological polar surface area (TPSA) is 69.2 Å². The van der Waals surface area contributed by atoms with Gasteiger partial charge >= 0.3 is 0 Å². The summed E-state index contributed by atoms with van der Waals surface area (Å²) in [6.45, 7) is 2.61. The number of nitrogens with one attached hydrogen (secondary N) is 1. The first-order valence-corrected chi connectivity index (χ1v) is 11.7. The van der Waals surface area contributed by atoms with Gasteiger partial charge in [0.1, 0.15) is 12.4 Å². The van der Waals surface area contributed by atoms with Crippen molar-refractivity contribution < 1.29 is 19.0 Å². The van der Waals surface area contributed by atoms with Crippen LogP contribution >= 0.6 is 45.8 Å². The Balaban J connectivity index is 1.73. The normalized spacial score (nSPS) is 10.8. The zero-order valence-corrected chi connectivity index (χ0v) is 21.6. The number of carbonyl (C=O) groups excluding carboxylic acids is 1. The standard InChI is InChI=1S/C24H21Cl2IN2O4/c1-3-32-22-10-15(13-28-29-24(30)16-5-4-6-19(11-16)31-2)9-21(27)23(22)33-14-17-7-8-18(25)12-20(17)26/h4-13H,3,14H2,1-2H3,(H,29,30)/b28-13+. The quantitative estimate of drug-likeness (QED) is 0.177. The Bertz CT molecular complexity index is 1170. The van der Waals surface area contributed by atoms with Gasteiger partial charge < -0.3 is 14.2 Å². The monoisotopic (exact) mass is 598 g/mol. The summed E-state index contributed by atoms with van der Waals surface area (Å²) in [5.74, 6) is 1.42. The fourth-order valence-electron chi connectivity index (χ4n) is 2.85. The lowest BCUT2D eigenvalue weighted by Crippen LogP contribution is -2.17. The molecule has 0 aromatic heterocycles. The number of benzene rings is 3. The van der Waals surface area contributed by atoms with Crippen molar-refractivity contribution in [3.05, 3.63) is 84.9 Å². The van der Waals surface area contributed by atoms with Crippen molar-refractivity contribution in [2.45, 2.75) is 13.5 Å². The van der Waals surface area contributed by atoms with E-state index in [4.69, 9.17) is 37.4 Å². The fourth-order valence-corrected chi connectivity index (χ4v) is 4.09. The molecule has 1 N–H and O–H groups in total. The molecule has 0 bridgehead atoms. The van der Waals surface area contributed by atoms with Gasteiger partial charge in [-0.2, -0.15) is 5.10 Å². The number of carbonyl (C=O) groups is 1. The minimum atomic E-state index is -0.343. The number of hydrazone groups is 1. The van der Waals surface area contributed by atoms with Crippen LogP contribution in [0.3, 0.4) is 0 Å². The molecule has 0 heterocycles. The third-order valence-electron chi connectivity index (χ3n) is 4.43. The molecule has 0 fully saturated rings. The van der Waals surface area contributed by atoms with E-state index in [1.54, 1.807) is 55.8 Å². The lowest BCUT2D eigenvalue weighted by atomic mass is 10.2. The highest BCUT2D eigenvalue weighted by molar-refractivity contribution is 14.1. The Morgan fingerprint density at radius 1 is 1.12 bits per heavy atom. The summed E-state index contributed by atoms with van der Waals surface area (Å²) in [5.41, 5.74) is 4.51. The maximum absolute atomic E-state index is 12.3. The van der Waals surface area contributed by atoms with Crippen LogP contribution in [0.4, 0.5) is 0 Å². The zero-order valence-electron chi connectivity index (χ0n) is 17.9. The predicted molar refractivity (Wildman–Crippen MR) is 139 cm³/mol. The average Bonchev–Trinajstić information content (AvgIpc) is 2.80. The number of halogens is 3. The molecule has 0 aliphatic rings. The number of hydrogen-bond acceptors (Lipinski definition) is 5. The van der Waals surface area contributed by atoms with Gasteiger partial charge in [0, 0.05) is 21.2 Å². The van der Waals surface area contributed by atoms with Crippen molar-refractivity contribution in [1.82, 2.24) is 5.43 Å². The smallest absolute Gasteiger partial charge is 0.271 e. The Kier molecular flexibility index (Phi) is 9.22. The Hall–Kier alpha value is -2.49. The van der Waals surface area contributed by atoms with Gasteiger partial charge in [-0.15, -0.1) is 0 Å². The number of nitrogens with zero attached hydrogens (tertiary/aromatic N) is 1. The van der Waals surface area contributed by atoms with Crippen molar-refractivity contribution in [3.8, 4) is 17.2 Å². The number of rotatable bonds is 9. The molecule has 3 aromatic rings. The Morgan fingerprint density at radius 3 is 2.67 bits per heavy atom. The summed E-state index contributed by atoms with van der Waals surface area (Å²) in [4.78, 5) is 12.3. The van der Waals surface area contributed by atoms with Gasteiger partial charge in [-0.3, -0.25) is 4.79 Å². The second-order valence-corrected chi connectivity index (χ2v) is 8.72. The van der Waals surface area contributed by atoms with Gasteiger partial charge in [0.05, 0.1) is 23.5 Å². The Labute approximate surface area is 216 Å². The van der Waals surface area contributed by atoms with Crippen LogP contribution in [0.25, 0.3) is 0 Å². The molecule has 0 aliphatic heterocycles. The van der Waals surface area contributed by atoms with Crippen LogP contribution in [0.1, 0.15) is 28.4 Å². The lowest BCUT2D eigenvalue weighted by molar-refractivity contribution is 0.0955. The van der Waals surface area contributed by atoms with Crippen molar-refractivity contribution in [2.24, 2.45) is 5.10 Å². The summed E-state index contributed by atoms with van der Waals surface area (Å²) >= 11 is 14.4. The molecule has 6 nitrogen and oxygen atoms in total. The van der Waals surface area contributed by atoms with Crippen molar-refractivity contribution in [1.29, 1.82) is 0 Å². The highest BCUT2D eigenvalue weighted by Gasteiger charge is 2.13. The first-order chi connectivity index (χ1) is 15.9. The highest BCUT2D eigenvalue weighted by atomic mass is 127. The summed E-state index contributed by atoms with van der Waals surface area (Å²) in [7, 11) is 1.55. The van der Waals surface area contributed by atoms with Gasteiger partial charge in [0.2, 0.25) is 0 Å². The van der Waals surface area contributed by atoms with Crippen molar-refractivity contribution >= 4 is 57.9 Å². The van der Waals surface area contributed by atoms with E-state index in [1.807, 2.05) is 19.1 Å². The summed E-state index contributed by atoms with van der Waals surface area (Å²) < 4.78 is 17.8. The largest absolute Gasteiger partial charge is 0.497 e. The van der Waals surface area contributed by atoms with Crippen LogP contribution in [0, 0.1) is 3.57 Å². The third kappa shape index (κ3) is 6.99. The molecule has 0 atom stereocenters. The molecule has 33 heavy (non-hydrogen) atoms. The molecule has 1 amide bonds. The van der Waals surface area contributed by atoms with Crippen molar-refractivity contribution in [2.75, 3.05) is 13.7 Å². The van der Waals surface area contributed by atoms with Gasteiger partial charge in [0.25, 0.3) is 5.91 Å². The molecule has 0 saturated heterocycles. The van der Waals surface area contributed by atoms with Crippen LogP contribution < -0.4 is 19.6 Å². The maximum atomic E-state index is 12.3. The molecule has 3 aromatic carbocycles. The third-order valence-corrected chi connectivity index (χ3v) is 5.82. The van der Waals surface area contributed by atoms with Crippen LogP contribution in [0.15, 0.2) is 59.7 Å². The van der Waals surface area contributed by atoms with Gasteiger partial charge in [0.15, 0.2) is 11.5 Å². The van der Waals surface area contributed by atoms with Crippen molar-refractivity contribution in [3.63, 3.8) is 0 Å². The summed E-state index contributed by atoms with van der Waals surface area (Å²) in [5, 5.41) is 5.16. The van der Waals surface area contributed by atoms with E-state index in [0.29, 0.717) is 39.5 Å². The molecule has 172 valence electrons. The van der Waals surface area contributed by atoms with Crippen LogP contribution in [0.5, 0.6) is 17.2 Å². The zero-order chi connectivity index (χ0) is 23.8. The first-order valence-electron chi connectivity index (χ1n) is 9.91. The van der Waals surface area contributed by atoms with Gasteiger partial charge in [-0.1, -0.05) is 35.3 Å². The Morgan fingerprint density at radius 2 is 1.94 bits per heavy atom. The molecule has 0 saturated carbocycles. The fraction of sp³-hybridized carbons (Fsp3) is 0.167. The molecular weight excluding hydrogens is 578 g/mol. The molecule has 9 heteroatoms. The molecule has 0 unspecified atom stereocenters. The minimum absolute atomic E-state index is 0.260. The SMILES string of the molecule is CCOc1cc(/C=N/NC(=O)c2cccc(OC)c2)cc(I)c1OCc1ccc(Cl)cc1Cl. The number of hydrogen-bond donors (Lipinski definition) is 1. The van der Waals surface area contributed by atoms with Crippen LogP contribution in [-0.4, -0.2) is 25.8 Å². The van der Waals surface area contributed by atoms with Gasteiger partial charge in [-0.05, 0) is 77.5 Å². The minimum Gasteiger partial charge on any atom is -0.497 e. The molecule has 0 radical (unpaired) electrons. The van der Waals surface area contributed by atoms with E-state index in [0.717, 1.165) is 14.7 Å². The number of amides is 1. The molecular formula is C24H21Cl2IN2O4. The number of methoxy groups -OCH3 is 1. The first kappa shape index (κ1) is 25.1. The van der Waals surface area contributed by atoms with E-state index in [1.165, 1.54) is 0 Å². The van der Waals surface area contributed by atoms with E-state index in [-0.39, 0.29) is 12.5 Å². The van der Waals surface area contributed by atoms with E-state index in [2.05, 4.69) is 33.1 Å². The van der Waals surface area contributed by atoms with Crippen LogP contribution in [-0.2, 0) is 6.61 Å². The molecule has 3 rings (SSSR count). The summed E-state index contributed by atoms with van der Waals surface area (Å²) in [6, 6.07) is 15.8. The second-order valence-electron chi connectivity index (χ2n) is 6.72. The van der Waals surface area contributed by atoms with E-state index < -0.39 is 0 Å². The lowest BCUT2D eigenvalue weighted by Gasteiger charge is -2.15. The summed E-state index contributed by atoms with van der Waals surface area (Å²) in [6.07, 6.45) is 1.54. The van der Waals surface area contributed by atoms with E-state index in [9.17, 15) is 4.79 Å². The second kappa shape index (κ2) is 12.1. The van der Waals surface area contributed by atoms with E-state index >= 15 is 0 Å². The van der Waals surface area contributed by atoms with Crippen LogP contribution in [0.2, 0.25) is 10.0 Å². The highest BCUT2D eigenvalue weighted by Crippen LogP contribution is 2.35. The maximum Gasteiger partial charge on any atom is 0.271 e. The van der Waals surface area contributed by atoms with Gasteiger partial charge in [-0.25, -0.2) is 5.43 Å². The molecule has 0 aliphatic carbocycles. The average molecular weight is 599 g/mol. The molecule has 0 spiro atoms.